The van der Waals surface area contributed by atoms with Gasteiger partial charge in [-0.25, -0.2) is 9.59 Å². The molecule has 21 heavy (non-hydrogen) atoms. The molecule has 2 amide bonds. The lowest BCUT2D eigenvalue weighted by Crippen LogP contribution is -2.56. The molecule has 3 N–H and O–H groups in total. The number of aliphatic carboxylic acids is 1. The largest absolute Gasteiger partial charge is 0.497 e. The number of urea groups is 1. The fourth-order valence-electron chi connectivity index (χ4n) is 2.63. The average molecular weight is 292 g/mol. The molecular weight excluding hydrogens is 272 g/mol. The third-order valence-corrected chi connectivity index (χ3v) is 3.80. The van der Waals surface area contributed by atoms with Crippen LogP contribution >= 0.6 is 0 Å². The minimum Gasteiger partial charge on any atom is -0.497 e. The molecule has 0 aromatic heterocycles. The molecule has 1 saturated carbocycles. The van der Waals surface area contributed by atoms with E-state index in [0.717, 1.165) is 19.3 Å². The number of carbonyl (C=O) groups excluding carboxylic acids is 1. The van der Waals surface area contributed by atoms with Crippen LogP contribution in [0.25, 0.3) is 0 Å². The lowest BCUT2D eigenvalue weighted by Gasteiger charge is -2.33. The van der Waals surface area contributed by atoms with E-state index in [-0.39, 0.29) is 0 Å². The van der Waals surface area contributed by atoms with Gasteiger partial charge in [0, 0.05) is 11.8 Å². The summed E-state index contributed by atoms with van der Waals surface area (Å²) in [5, 5.41) is 14.7. The summed E-state index contributed by atoms with van der Waals surface area (Å²) in [4.78, 5) is 23.6. The smallest absolute Gasteiger partial charge is 0.329 e. The van der Waals surface area contributed by atoms with Crippen LogP contribution in [0.4, 0.5) is 10.5 Å². The fourth-order valence-corrected chi connectivity index (χ4v) is 2.63. The van der Waals surface area contributed by atoms with Crippen LogP contribution in [0.5, 0.6) is 5.75 Å². The number of rotatable bonds is 4. The van der Waals surface area contributed by atoms with E-state index < -0.39 is 17.5 Å². The highest BCUT2D eigenvalue weighted by Crippen LogP contribution is 2.28. The predicted octanol–water partition coefficient (Wildman–Crippen LogP) is 2.60. The summed E-state index contributed by atoms with van der Waals surface area (Å²) in [6.07, 6.45) is 3.56. The van der Waals surface area contributed by atoms with Gasteiger partial charge in [0.1, 0.15) is 11.3 Å². The first-order valence-electron chi connectivity index (χ1n) is 7.02. The van der Waals surface area contributed by atoms with Gasteiger partial charge in [0.05, 0.1) is 7.11 Å². The van der Waals surface area contributed by atoms with Gasteiger partial charge in [-0.3, -0.25) is 0 Å². The van der Waals surface area contributed by atoms with E-state index in [4.69, 9.17) is 4.74 Å². The highest BCUT2D eigenvalue weighted by atomic mass is 16.5. The quantitative estimate of drug-likeness (QED) is 0.796. The molecule has 114 valence electrons. The number of anilines is 1. The summed E-state index contributed by atoms with van der Waals surface area (Å²) in [5.41, 5.74) is -0.593. The molecule has 1 aromatic carbocycles. The molecule has 0 unspecified atom stereocenters. The third-order valence-electron chi connectivity index (χ3n) is 3.80. The van der Waals surface area contributed by atoms with Gasteiger partial charge in [-0.1, -0.05) is 25.3 Å². The van der Waals surface area contributed by atoms with E-state index in [1.165, 1.54) is 0 Å². The molecule has 2 rings (SSSR count). The molecule has 1 aliphatic rings. The Labute approximate surface area is 123 Å². The maximum absolute atomic E-state index is 12.1. The summed E-state index contributed by atoms with van der Waals surface area (Å²) < 4.78 is 5.08. The van der Waals surface area contributed by atoms with Crippen molar-refractivity contribution in [3.8, 4) is 5.75 Å². The van der Waals surface area contributed by atoms with Gasteiger partial charge in [-0.05, 0) is 25.0 Å². The normalized spacial score (nSPS) is 16.8. The summed E-state index contributed by atoms with van der Waals surface area (Å²) >= 11 is 0. The molecule has 0 heterocycles. The number of nitrogens with one attached hydrogen (secondary N) is 2. The van der Waals surface area contributed by atoms with Crippen molar-refractivity contribution in [1.29, 1.82) is 0 Å². The number of methoxy groups -OCH3 is 1. The number of carboxylic acid groups (broad SMARTS) is 1. The van der Waals surface area contributed by atoms with Gasteiger partial charge in [-0.15, -0.1) is 0 Å². The van der Waals surface area contributed by atoms with E-state index in [9.17, 15) is 14.7 Å². The van der Waals surface area contributed by atoms with Crippen LogP contribution in [0.3, 0.4) is 0 Å². The first kappa shape index (κ1) is 15.2. The maximum atomic E-state index is 12.1. The Bertz CT molecular complexity index is 524. The SMILES string of the molecule is COc1cccc(NC(=O)NC2(C(=O)O)CCCCC2)c1. The third kappa shape index (κ3) is 3.65. The van der Waals surface area contributed by atoms with Crippen molar-refractivity contribution in [2.45, 2.75) is 37.6 Å². The Morgan fingerprint density at radius 1 is 1.24 bits per heavy atom. The minimum absolute atomic E-state index is 0.466. The zero-order valence-electron chi connectivity index (χ0n) is 12.0. The van der Waals surface area contributed by atoms with Crippen molar-refractivity contribution in [2.75, 3.05) is 12.4 Å². The number of hydrogen-bond donors (Lipinski definition) is 3. The molecule has 0 bridgehead atoms. The van der Waals surface area contributed by atoms with Crippen LogP contribution in [0.1, 0.15) is 32.1 Å². The van der Waals surface area contributed by atoms with Crippen molar-refractivity contribution in [1.82, 2.24) is 5.32 Å². The standard InChI is InChI=1S/C15H20N2O4/c1-21-12-7-5-6-11(10-12)16-14(20)17-15(13(18)19)8-3-2-4-9-15/h5-7,10H,2-4,8-9H2,1H3,(H,18,19)(H2,16,17,20). The van der Waals surface area contributed by atoms with Gasteiger partial charge in [0.15, 0.2) is 0 Å². The number of carboxylic acids is 1. The van der Waals surface area contributed by atoms with Crippen LogP contribution in [0, 0.1) is 0 Å². The molecule has 0 saturated heterocycles. The summed E-state index contributed by atoms with van der Waals surface area (Å²) in [6.45, 7) is 0. The van der Waals surface area contributed by atoms with Crippen molar-refractivity contribution < 1.29 is 19.4 Å². The Balaban J connectivity index is 2.03. The second kappa shape index (κ2) is 6.47. The number of carbonyl (C=O) groups is 2. The van der Waals surface area contributed by atoms with Crippen LogP contribution < -0.4 is 15.4 Å². The molecule has 1 fully saturated rings. The highest BCUT2D eigenvalue weighted by molar-refractivity contribution is 5.94. The van der Waals surface area contributed by atoms with E-state index in [1.807, 2.05) is 0 Å². The Kier molecular flexibility index (Phi) is 4.67. The van der Waals surface area contributed by atoms with Crippen LogP contribution in [0.15, 0.2) is 24.3 Å². The van der Waals surface area contributed by atoms with Crippen LogP contribution in [-0.4, -0.2) is 29.8 Å². The lowest BCUT2D eigenvalue weighted by atomic mass is 9.82. The average Bonchev–Trinajstić information content (AvgIpc) is 2.48. The maximum Gasteiger partial charge on any atom is 0.329 e. The zero-order chi connectivity index (χ0) is 15.3. The van der Waals surface area contributed by atoms with Gasteiger partial charge < -0.3 is 20.5 Å². The molecule has 0 spiro atoms. The minimum atomic E-state index is -1.15. The van der Waals surface area contributed by atoms with Crippen molar-refractivity contribution in [2.24, 2.45) is 0 Å². The predicted molar refractivity (Wildman–Crippen MR) is 78.6 cm³/mol. The molecule has 0 aliphatic heterocycles. The number of ether oxygens (including phenoxy) is 1. The van der Waals surface area contributed by atoms with E-state index in [2.05, 4.69) is 10.6 Å². The van der Waals surface area contributed by atoms with Gasteiger partial charge in [0.25, 0.3) is 0 Å². The Morgan fingerprint density at radius 2 is 1.95 bits per heavy atom. The Morgan fingerprint density at radius 3 is 2.57 bits per heavy atom. The van der Waals surface area contributed by atoms with Crippen LogP contribution in [-0.2, 0) is 4.79 Å². The van der Waals surface area contributed by atoms with E-state index >= 15 is 0 Å². The van der Waals surface area contributed by atoms with Gasteiger partial charge in [-0.2, -0.15) is 0 Å². The van der Waals surface area contributed by atoms with Crippen molar-refractivity contribution >= 4 is 17.7 Å². The fraction of sp³-hybridized carbons (Fsp3) is 0.467. The molecule has 0 radical (unpaired) electrons. The van der Waals surface area contributed by atoms with E-state index in [0.29, 0.717) is 24.3 Å². The number of amides is 2. The van der Waals surface area contributed by atoms with Crippen molar-refractivity contribution in [3.05, 3.63) is 24.3 Å². The molecule has 1 aromatic rings. The van der Waals surface area contributed by atoms with Crippen LogP contribution in [0.2, 0.25) is 0 Å². The molecule has 1 aliphatic carbocycles. The first-order chi connectivity index (χ1) is 10.1. The summed E-state index contributed by atoms with van der Waals surface area (Å²) in [6, 6.07) is 6.41. The molecule has 0 atom stereocenters. The van der Waals surface area contributed by atoms with Gasteiger partial charge >= 0.3 is 12.0 Å². The topological polar surface area (TPSA) is 87.7 Å². The monoisotopic (exact) mass is 292 g/mol. The van der Waals surface area contributed by atoms with Gasteiger partial charge in [0.2, 0.25) is 0 Å². The number of benzene rings is 1. The Hall–Kier alpha value is -2.24. The van der Waals surface area contributed by atoms with Crippen molar-refractivity contribution in [3.63, 3.8) is 0 Å². The van der Waals surface area contributed by atoms with E-state index in [1.54, 1.807) is 31.4 Å². The second-order valence-electron chi connectivity index (χ2n) is 5.26. The summed E-state index contributed by atoms with van der Waals surface area (Å²) in [7, 11) is 1.54. The summed E-state index contributed by atoms with van der Waals surface area (Å²) in [5.74, 6) is -0.346. The zero-order valence-corrected chi connectivity index (χ0v) is 12.0. The molecule has 6 heteroatoms. The molecule has 6 nitrogen and oxygen atoms in total. The second-order valence-corrected chi connectivity index (χ2v) is 5.26. The number of hydrogen-bond acceptors (Lipinski definition) is 3. The lowest BCUT2D eigenvalue weighted by molar-refractivity contribution is -0.145. The first-order valence-corrected chi connectivity index (χ1v) is 7.02. The highest BCUT2D eigenvalue weighted by Gasteiger charge is 2.40. The molecular formula is C15H20N2O4.